The second kappa shape index (κ2) is 5.49. The molecule has 5 heteroatoms. The first-order valence-corrected chi connectivity index (χ1v) is 7.17. The fourth-order valence-electron chi connectivity index (χ4n) is 2.40. The average Bonchev–Trinajstić information content (AvgIpc) is 2.93. The van der Waals surface area contributed by atoms with Gasteiger partial charge in [0.25, 0.3) is 0 Å². The summed E-state index contributed by atoms with van der Waals surface area (Å²) in [5, 5.41) is 5.99. The summed E-state index contributed by atoms with van der Waals surface area (Å²) in [6.45, 7) is 7.85. The Morgan fingerprint density at radius 2 is 1.89 bits per heavy atom. The molecule has 2 fully saturated rings. The molecule has 2 amide bonds. The highest BCUT2D eigenvalue weighted by atomic mass is 16.2. The monoisotopic (exact) mass is 267 g/mol. The lowest BCUT2D eigenvalue weighted by atomic mass is 10.1. The van der Waals surface area contributed by atoms with Crippen LogP contribution in [0.2, 0.25) is 0 Å². The Bertz CT molecular complexity index is 358. The number of carbonyl (C=O) groups excluding carboxylic acids is 2. The van der Waals surface area contributed by atoms with Crippen molar-refractivity contribution in [2.45, 2.75) is 51.6 Å². The third-order valence-electron chi connectivity index (χ3n) is 3.45. The summed E-state index contributed by atoms with van der Waals surface area (Å²) in [4.78, 5) is 25.8. The number of hydrogen-bond donors (Lipinski definition) is 2. The Morgan fingerprint density at radius 1 is 1.21 bits per heavy atom. The Labute approximate surface area is 115 Å². The number of amides is 2. The van der Waals surface area contributed by atoms with Crippen molar-refractivity contribution in [3.05, 3.63) is 0 Å². The van der Waals surface area contributed by atoms with Crippen molar-refractivity contribution in [1.29, 1.82) is 0 Å². The quantitative estimate of drug-likeness (QED) is 0.780. The average molecular weight is 267 g/mol. The van der Waals surface area contributed by atoms with E-state index in [2.05, 4.69) is 15.5 Å². The minimum Gasteiger partial charge on any atom is -0.353 e. The molecule has 0 aromatic carbocycles. The molecule has 1 aliphatic heterocycles. The van der Waals surface area contributed by atoms with Gasteiger partial charge in [-0.25, -0.2) is 0 Å². The lowest BCUT2D eigenvalue weighted by molar-refractivity contribution is -0.126. The van der Waals surface area contributed by atoms with Crippen LogP contribution < -0.4 is 10.6 Å². The van der Waals surface area contributed by atoms with Crippen molar-refractivity contribution in [3.63, 3.8) is 0 Å². The lowest BCUT2D eigenvalue weighted by Crippen LogP contribution is -2.45. The maximum atomic E-state index is 11.9. The van der Waals surface area contributed by atoms with Gasteiger partial charge in [-0.3, -0.25) is 14.5 Å². The lowest BCUT2D eigenvalue weighted by Gasteiger charge is -2.23. The molecule has 2 N–H and O–H groups in total. The van der Waals surface area contributed by atoms with Gasteiger partial charge in [0.2, 0.25) is 11.8 Å². The maximum Gasteiger partial charge on any atom is 0.234 e. The molecule has 0 spiro atoms. The molecule has 19 heavy (non-hydrogen) atoms. The van der Waals surface area contributed by atoms with Gasteiger partial charge in [-0.2, -0.15) is 0 Å². The number of likely N-dealkylation sites (tertiary alicyclic amines) is 1. The minimum absolute atomic E-state index is 0.0377. The third kappa shape index (κ3) is 4.82. The minimum atomic E-state index is -0.195. The Morgan fingerprint density at radius 3 is 2.47 bits per heavy atom. The van der Waals surface area contributed by atoms with Crippen molar-refractivity contribution < 1.29 is 9.59 Å². The maximum absolute atomic E-state index is 11.9. The smallest absolute Gasteiger partial charge is 0.234 e. The summed E-state index contributed by atoms with van der Waals surface area (Å²) in [5.74, 6) is 0.264. The molecule has 1 atom stereocenters. The van der Waals surface area contributed by atoms with Gasteiger partial charge in [-0.05, 0) is 46.6 Å². The van der Waals surface area contributed by atoms with Crippen LogP contribution >= 0.6 is 0 Å². The number of nitrogens with zero attached hydrogens (tertiary/aromatic N) is 1. The molecule has 2 rings (SSSR count). The number of hydrogen-bond acceptors (Lipinski definition) is 3. The van der Waals surface area contributed by atoms with Crippen LogP contribution in [-0.2, 0) is 9.59 Å². The van der Waals surface area contributed by atoms with Crippen LogP contribution in [-0.4, -0.2) is 47.9 Å². The fourth-order valence-corrected chi connectivity index (χ4v) is 2.40. The van der Waals surface area contributed by atoms with E-state index >= 15 is 0 Å². The topological polar surface area (TPSA) is 61.4 Å². The first kappa shape index (κ1) is 14.3. The van der Waals surface area contributed by atoms with Crippen molar-refractivity contribution >= 4 is 11.8 Å². The summed E-state index contributed by atoms with van der Waals surface area (Å²) in [5.41, 5.74) is -0.195. The van der Waals surface area contributed by atoms with Gasteiger partial charge in [-0.1, -0.05) is 0 Å². The molecule has 1 aliphatic carbocycles. The largest absolute Gasteiger partial charge is 0.353 e. The van der Waals surface area contributed by atoms with Gasteiger partial charge in [0.05, 0.1) is 12.5 Å². The zero-order valence-electron chi connectivity index (χ0n) is 12.2. The third-order valence-corrected chi connectivity index (χ3v) is 3.45. The van der Waals surface area contributed by atoms with Crippen molar-refractivity contribution in [1.82, 2.24) is 15.5 Å². The van der Waals surface area contributed by atoms with Crippen LogP contribution in [0.4, 0.5) is 0 Å². The molecule has 1 unspecified atom stereocenters. The molecule has 2 aliphatic rings. The standard InChI is InChI=1S/C14H25N3O2/c1-14(2,3)16-12(18)9-17-7-6-10(8-17)13(19)15-11-4-5-11/h10-11H,4-9H2,1-3H3,(H,15,19)(H,16,18). The summed E-state index contributed by atoms with van der Waals surface area (Å²) < 4.78 is 0. The van der Waals surface area contributed by atoms with Crippen LogP contribution in [0.5, 0.6) is 0 Å². The van der Waals surface area contributed by atoms with Crippen LogP contribution in [0.15, 0.2) is 0 Å². The summed E-state index contributed by atoms with van der Waals surface area (Å²) >= 11 is 0. The molecule has 1 saturated heterocycles. The molecule has 5 nitrogen and oxygen atoms in total. The number of rotatable bonds is 4. The molecular formula is C14H25N3O2. The molecular weight excluding hydrogens is 242 g/mol. The predicted molar refractivity (Wildman–Crippen MR) is 73.6 cm³/mol. The SMILES string of the molecule is CC(C)(C)NC(=O)CN1CCC(C(=O)NC2CC2)C1. The normalized spacial score (nSPS) is 24.3. The second-order valence-corrected chi connectivity index (χ2v) is 6.80. The molecule has 0 aromatic rings. The molecule has 0 radical (unpaired) electrons. The van der Waals surface area contributed by atoms with Crippen LogP contribution in [0.1, 0.15) is 40.0 Å². The number of nitrogens with one attached hydrogen (secondary N) is 2. The zero-order valence-corrected chi connectivity index (χ0v) is 12.2. The molecule has 1 saturated carbocycles. The summed E-state index contributed by atoms with van der Waals surface area (Å²) in [7, 11) is 0. The van der Waals surface area contributed by atoms with Gasteiger partial charge < -0.3 is 10.6 Å². The zero-order chi connectivity index (χ0) is 14.0. The molecule has 0 bridgehead atoms. The van der Waals surface area contributed by atoms with E-state index in [0.29, 0.717) is 19.1 Å². The van der Waals surface area contributed by atoms with Crippen LogP contribution in [0, 0.1) is 5.92 Å². The number of carbonyl (C=O) groups is 2. The van der Waals surface area contributed by atoms with E-state index in [1.54, 1.807) is 0 Å². The first-order valence-electron chi connectivity index (χ1n) is 7.17. The molecule has 0 aromatic heterocycles. The van der Waals surface area contributed by atoms with Crippen molar-refractivity contribution in [2.24, 2.45) is 5.92 Å². The Kier molecular flexibility index (Phi) is 4.13. The molecule has 1 heterocycles. The van der Waals surface area contributed by atoms with E-state index in [1.807, 2.05) is 20.8 Å². The van der Waals surface area contributed by atoms with Gasteiger partial charge in [0, 0.05) is 18.1 Å². The molecule has 108 valence electrons. The van der Waals surface area contributed by atoms with E-state index < -0.39 is 0 Å². The van der Waals surface area contributed by atoms with E-state index in [-0.39, 0.29) is 23.3 Å². The van der Waals surface area contributed by atoms with Crippen LogP contribution in [0.3, 0.4) is 0 Å². The fraction of sp³-hybridized carbons (Fsp3) is 0.857. The van der Waals surface area contributed by atoms with E-state index in [4.69, 9.17) is 0 Å². The van der Waals surface area contributed by atoms with E-state index in [9.17, 15) is 9.59 Å². The van der Waals surface area contributed by atoms with E-state index in [1.165, 1.54) is 0 Å². The predicted octanol–water partition coefficient (Wildman–Crippen LogP) is 0.502. The first-order chi connectivity index (χ1) is 8.83. The van der Waals surface area contributed by atoms with Crippen molar-refractivity contribution in [2.75, 3.05) is 19.6 Å². The highest BCUT2D eigenvalue weighted by molar-refractivity contribution is 5.81. The van der Waals surface area contributed by atoms with Crippen LogP contribution in [0.25, 0.3) is 0 Å². The van der Waals surface area contributed by atoms with Crippen molar-refractivity contribution in [3.8, 4) is 0 Å². The highest BCUT2D eigenvalue weighted by Crippen LogP contribution is 2.22. The van der Waals surface area contributed by atoms with Gasteiger partial charge in [-0.15, -0.1) is 0 Å². The van der Waals surface area contributed by atoms with Gasteiger partial charge in [0.1, 0.15) is 0 Å². The Balaban J connectivity index is 1.72. The second-order valence-electron chi connectivity index (χ2n) is 6.80. The summed E-state index contributed by atoms with van der Waals surface area (Å²) in [6.07, 6.45) is 3.10. The van der Waals surface area contributed by atoms with E-state index in [0.717, 1.165) is 25.8 Å². The van der Waals surface area contributed by atoms with Gasteiger partial charge in [0.15, 0.2) is 0 Å². The van der Waals surface area contributed by atoms with Gasteiger partial charge >= 0.3 is 0 Å². The summed E-state index contributed by atoms with van der Waals surface area (Å²) in [6, 6.07) is 0.422. The highest BCUT2D eigenvalue weighted by Gasteiger charge is 2.32. The Hall–Kier alpha value is -1.10.